The second-order valence-electron chi connectivity index (χ2n) is 4.15. The molecule has 1 aromatic carbocycles. The summed E-state index contributed by atoms with van der Waals surface area (Å²) in [6, 6.07) is 4.47. The fourth-order valence-electron chi connectivity index (χ4n) is 1.88. The van der Waals surface area contributed by atoms with Gasteiger partial charge in [0.1, 0.15) is 0 Å². The predicted molar refractivity (Wildman–Crippen MR) is 70.9 cm³/mol. The molecule has 0 bridgehead atoms. The average molecular weight is 286 g/mol. The van der Waals surface area contributed by atoms with Crippen molar-refractivity contribution in [2.75, 3.05) is 20.5 Å². The van der Waals surface area contributed by atoms with E-state index in [1.807, 2.05) is 6.92 Å². The van der Waals surface area contributed by atoms with Gasteiger partial charge in [-0.15, -0.1) is 0 Å². The number of esters is 1. The first-order chi connectivity index (χ1) is 8.85. The molecule has 0 spiro atoms. The van der Waals surface area contributed by atoms with Crippen LogP contribution in [0.3, 0.4) is 0 Å². The molecule has 19 heavy (non-hydrogen) atoms. The summed E-state index contributed by atoms with van der Waals surface area (Å²) in [5.41, 5.74) is 0.762. The summed E-state index contributed by atoms with van der Waals surface area (Å²) in [7, 11) is -0.678. The second kappa shape index (κ2) is 6.16. The summed E-state index contributed by atoms with van der Waals surface area (Å²) in [5, 5.41) is 0. The van der Waals surface area contributed by atoms with Crippen LogP contribution in [0.4, 0.5) is 0 Å². The van der Waals surface area contributed by atoms with Gasteiger partial charge in [0.25, 0.3) is 0 Å². The maximum absolute atomic E-state index is 11.8. The van der Waals surface area contributed by atoms with E-state index in [1.165, 1.54) is 26.4 Å². The van der Waals surface area contributed by atoms with Crippen LogP contribution in [-0.4, -0.2) is 34.9 Å². The molecule has 1 aromatic rings. The minimum atomic E-state index is -3.45. The van der Waals surface area contributed by atoms with Crippen LogP contribution in [-0.2, 0) is 19.3 Å². The highest BCUT2D eigenvalue weighted by Gasteiger charge is 2.21. The first kappa shape index (κ1) is 15.7. The largest absolute Gasteiger partial charge is 0.465 e. The molecule has 5 nitrogen and oxygen atoms in total. The van der Waals surface area contributed by atoms with E-state index in [4.69, 9.17) is 4.74 Å². The van der Waals surface area contributed by atoms with Crippen LogP contribution in [0.2, 0.25) is 0 Å². The van der Waals surface area contributed by atoms with Gasteiger partial charge in [0.05, 0.1) is 23.7 Å². The lowest BCUT2D eigenvalue weighted by Gasteiger charge is -2.17. The van der Waals surface area contributed by atoms with E-state index in [-0.39, 0.29) is 16.6 Å². The Morgan fingerprint density at radius 1 is 1.32 bits per heavy atom. The van der Waals surface area contributed by atoms with Crippen LogP contribution < -0.4 is 0 Å². The smallest absolute Gasteiger partial charge is 0.337 e. The third-order valence-corrected chi connectivity index (χ3v) is 3.99. The van der Waals surface area contributed by atoms with Gasteiger partial charge in [-0.2, -0.15) is 0 Å². The normalized spacial score (nSPS) is 13.1. The lowest BCUT2D eigenvalue weighted by Crippen LogP contribution is -2.11. The number of hydrogen-bond acceptors (Lipinski definition) is 5. The van der Waals surface area contributed by atoms with Crippen molar-refractivity contribution in [3.63, 3.8) is 0 Å². The van der Waals surface area contributed by atoms with Crippen LogP contribution in [0, 0.1) is 0 Å². The van der Waals surface area contributed by atoms with Gasteiger partial charge >= 0.3 is 5.97 Å². The number of methoxy groups -OCH3 is 2. The molecule has 0 saturated heterocycles. The molecule has 0 fully saturated rings. The molecular formula is C13H18O5S. The topological polar surface area (TPSA) is 69.7 Å². The average Bonchev–Trinajstić information content (AvgIpc) is 2.38. The van der Waals surface area contributed by atoms with E-state index >= 15 is 0 Å². The molecule has 0 aromatic heterocycles. The predicted octanol–water partition coefficient (Wildman–Crippen LogP) is 1.97. The molecule has 1 unspecified atom stereocenters. The zero-order chi connectivity index (χ0) is 14.6. The Bertz CT molecular complexity index is 558. The molecule has 0 amide bonds. The van der Waals surface area contributed by atoms with Crippen LogP contribution in [0.1, 0.15) is 35.4 Å². The van der Waals surface area contributed by atoms with Crippen molar-refractivity contribution in [3.8, 4) is 0 Å². The van der Waals surface area contributed by atoms with E-state index in [1.54, 1.807) is 6.07 Å². The minimum Gasteiger partial charge on any atom is -0.465 e. The lowest BCUT2D eigenvalue weighted by atomic mass is 10.0. The minimum absolute atomic E-state index is 0.101. The van der Waals surface area contributed by atoms with Crippen molar-refractivity contribution in [3.05, 3.63) is 29.3 Å². The van der Waals surface area contributed by atoms with Gasteiger partial charge in [0.15, 0.2) is 9.84 Å². The molecule has 106 valence electrons. The van der Waals surface area contributed by atoms with E-state index in [0.717, 1.165) is 6.26 Å². The van der Waals surface area contributed by atoms with Gasteiger partial charge in [-0.3, -0.25) is 0 Å². The first-order valence-corrected chi connectivity index (χ1v) is 7.69. The van der Waals surface area contributed by atoms with Gasteiger partial charge in [-0.05, 0) is 24.1 Å². The number of rotatable bonds is 5. The van der Waals surface area contributed by atoms with Crippen molar-refractivity contribution >= 4 is 15.8 Å². The highest BCUT2D eigenvalue weighted by molar-refractivity contribution is 7.90. The fraction of sp³-hybridized carbons (Fsp3) is 0.462. The monoisotopic (exact) mass is 286 g/mol. The SMILES string of the molecule is CCC(OC)c1ccc(C(=O)OC)cc1S(C)(=O)=O. The Kier molecular flexibility index (Phi) is 5.08. The molecule has 0 saturated carbocycles. The Balaban J connectivity index is 3.45. The molecule has 6 heteroatoms. The number of sulfone groups is 1. The molecular weight excluding hydrogens is 268 g/mol. The lowest BCUT2D eigenvalue weighted by molar-refractivity contribution is 0.0600. The molecule has 0 aliphatic heterocycles. The second-order valence-corrected chi connectivity index (χ2v) is 6.13. The number of hydrogen-bond donors (Lipinski definition) is 0. The summed E-state index contributed by atoms with van der Waals surface area (Å²) in [4.78, 5) is 11.6. The van der Waals surface area contributed by atoms with Crippen molar-refractivity contribution in [2.24, 2.45) is 0 Å². The first-order valence-electron chi connectivity index (χ1n) is 5.80. The highest BCUT2D eigenvalue weighted by Crippen LogP contribution is 2.28. The van der Waals surface area contributed by atoms with Crippen LogP contribution >= 0.6 is 0 Å². The van der Waals surface area contributed by atoms with Gasteiger partial charge in [-0.1, -0.05) is 13.0 Å². The summed E-state index contributed by atoms with van der Waals surface area (Å²) < 4.78 is 33.6. The Morgan fingerprint density at radius 2 is 1.95 bits per heavy atom. The van der Waals surface area contributed by atoms with Gasteiger partial charge in [0.2, 0.25) is 0 Å². The van der Waals surface area contributed by atoms with Crippen molar-refractivity contribution < 1.29 is 22.7 Å². The molecule has 0 aliphatic rings. The molecule has 0 radical (unpaired) electrons. The van der Waals surface area contributed by atoms with Gasteiger partial charge in [-0.25, -0.2) is 13.2 Å². The summed E-state index contributed by atoms with van der Waals surface area (Å²) in [6.07, 6.45) is 1.42. The van der Waals surface area contributed by atoms with Crippen molar-refractivity contribution in [2.45, 2.75) is 24.3 Å². The van der Waals surface area contributed by atoms with Crippen LogP contribution in [0.15, 0.2) is 23.1 Å². The number of carbonyl (C=O) groups excluding carboxylic acids is 1. The maximum atomic E-state index is 11.8. The standard InChI is InChI=1S/C13H18O5S/c1-5-11(17-2)10-7-6-9(13(14)18-3)8-12(10)19(4,15)16/h6-8,11H,5H2,1-4H3. The zero-order valence-electron chi connectivity index (χ0n) is 11.5. The molecule has 0 aliphatic carbocycles. The number of ether oxygens (including phenoxy) is 2. The van der Waals surface area contributed by atoms with Crippen LogP contribution in [0.25, 0.3) is 0 Å². The number of carbonyl (C=O) groups is 1. The van der Waals surface area contributed by atoms with E-state index in [0.29, 0.717) is 12.0 Å². The van der Waals surface area contributed by atoms with E-state index in [2.05, 4.69) is 4.74 Å². The zero-order valence-corrected chi connectivity index (χ0v) is 12.3. The van der Waals surface area contributed by atoms with E-state index in [9.17, 15) is 13.2 Å². The summed E-state index contributed by atoms with van der Waals surface area (Å²) in [6.45, 7) is 1.90. The fourth-order valence-corrected chi connectivity index (χ4v) is 2.85. The number of benzene rings is 1. The van der Waals surface area contributed by atoms with Crippen molar-refractivity contribution in [1.82, 2.24) is 0 Å². The van der Waals surface area contributed by atoms with Gasteiger partial charge in [0, 0.05) is 13.4 Å². The quantitative estimate of drug-likeness (QED) is 0.774. The van der Waals surface area contributed by atoms with E-state index < -0.39 is 15.8 Å². The molecule has 0 N–H and O–H groups in total. The Morgan fingerprint density at radius 3 is 2.37 bits per heavy atom. The van der Waals surface area contributed by atoms with Gasteiger partial charge < -0.3 is 9.47 Å². The summed E-state index contributed by atoms with van der Waals surface area (Å²) >= 11 is 0. The molecule has 1 rings (SSSR count). The third kappa shape index (κ3) is 3.54. The third-order valence-electron chi connectivity index (χ3n) is 2.84. The highest BCUT2D eigenvalue weighted by atomic mass is 32.2. The maximum Gasteiger partial charge on any atom is 0.337 e. The Hall–Kier alpha value is -1.40. The van der Waals surface area contributed by atoms with Crippen molar-refractivity contribution in [1.29, 1.82) is 0 Å². The van der Waals surface area contributed by atoms with Crippen LogP contribution in [0.5, 0.6) is 0 Å². The summed E-state index contributed by atoms with van der Waals surface area (Å²) in [5.74, 6) is -0.568. The molecule has 0 heterocycles. The molecule has 1 atom stereocenters. The Labute approximate surface area is 113 Å².